The van der Waals surface area contributed by atoms with Crippen LogP contribution in [-0.4, -0.2) is 89.6 Å². The van der Waals surface area contributed by atoms with E-state index in [1.165, 1.54) is 0 Å². The lowest BCUT2D eigenvalue weighted by atomic mass is 10.0. The maximum atomic E-state index is 12.8. The van der Waals surface area contributed by atoms with Crippen LogP contribution in [0.2, 0.25) is 5.28 Å². The van der Waals surface area contributed by atoms with Crippen LogP contribution in [0.25, 0.3) is 0 Å². The van der Waals surface area contributed by atoms with Crippen molar-refractivity contribution in [1.82, 2.24) is 30.2 Å². The standard InChI is InChI=1S/C26H37N7O3.C4H3ClN2/c1-6-17(2)33-14-11-23(34)32(4)21-16-27-26(30-24(21)33)29-20-8-7-18(15-22(20)36-5)25(35)28-19-9-12-31(3)13-10-19;5-4-6-2-1-3-7-4/h7-8,15-17,19H,6,9-14H2,1-5H3,(H,28,35)(H,27,29,30);1-3H. The lowest BCUT2D eigenvalue weighted by molar-refractivity contribution is -0.118. The van der Waals surface area contributed by atoms with Crippen LogP contribution < -0.4 is 25.2 Å². The predicted molar refractivity (Wildman–Crippen MR) is 168 cm³/mol. The van der Waals surface area contributed by atoms with E-state index in [0.29, 0.717) is 46.9 Å². The topological polar surface area (TPSA) is 129 Å². The van der Waals surface area contributed by atoms with Gasteiger partial charge in [0.25, 0.3) is 5.91 Å². The molecule has 230 valence electrons. The molecule has 4 heterocycles. The van der Waals surface area contributed by atoms with Crippen LogP contribution in [0, 0.1) is 0 Å². The molecule has 0 spiro atoms. The highest BCUT2D eigenvalue weighted by atomic mass is 35.5. The Morgan fingerprint density at radius 2 is 1.86 bits per heavy atom. The Hall–Kier alpha value is -4.03. The van der Waals surface area contributed by atoms with Gasteiger partial charge in [0.15, 0.2) is 5.82 Å². The van der Waals surface area contributed by atoms with Gasteiger partial charge in [-0.15, -0.1) is 0 Å². The highest BCUT2D eigenvalue weighted by Crippen LogP contribution is 2.34. The van der Waals surface area contributed by atoms with Crippen LogP contribution >= 0.6 is 11.6 Å². The van der Waals surface area contributed by atoms with Crippen molar-refractivity contribution < 1.29 is 14.3 Å². The summed E-state index contributed by atoms with van der Waals surface area (Å²) in [5, 5.41) is 6.67. The molecule has 1 unspecified atom stereocenters. The molecule has 0 aliphatic carbocycles. The zero-order chi connectivity index (χ0) is 30.9. The lowest BCUT2D eigenvalue weighted by Gasteiger charge is -2.29. The van der Waals surface area contributed by atoms with Gasteiger partial charge in [-0.05, 0) is 82.2 Å². The Bertz CT molecular complexity index is 1390. The Kier molecular flexibility index (Phi) is 11.1. The number of piperidine rings is 1. The maximum absolute atomic E-state index is 12.8. The van der Waals surface area contributed by atoms with E-state index in [4.69, 9.17) is 21.3 Å². The highest BCUT2D eigenvalue weighted by Gasteiger charge is 2.28. The molecule has 0 saturated carbocycles. The van der Waals surface area contributed by atoms with E-state index in [9.17, 15) is 9.59 Å². The molecule has 2 N–H and O–H groups in total. The number of methoxy groups -OCH3 is 1. The Morgan fingerprint density at radius 3 is 2.49 bits per heavy atom. The van der Waals surface area contributed by atoms with Gasteiger partial charge >= 0.3 is 0 Å². The number of ether oxygens (including phenoxy) is 1. The van der Waals surface area contributed by atoms with Crippen LogP contribution in [0.3, 0.4) is 0 Å². The fourth-order valence-electron chi connectivity index (χ4n) is 4.91. The number of hydrogen-bond donors (Lipinski definition) is 2. The third-order valence-corrected chi connectivity index (χ3v) is 7.94. The summed E-state index contributed by atoms with van der Waals surface area (Å²) in [5.74, 6) is 1.58. The molecule has 1 atom stereocenters. The van der Waals surface area contributed by atoms with Crippen molar-refractivity contribution in [1.29, 1.82) is 0 Å². The van der Waals surface area contributed by atoms with Gasteiger partial charge in [0.05, 0.1) is 19.0 Å². The zero-order valence-electron chi connectivity index (χ0n) is 25.4. The number of rotatable bonds is 7. The van der Waals surface area contributed by atoms with Crippen molar-refractivity contribution in [3.63, 3.8) is 0 Å². The molecule has 1 saturated heterocycles. The van der Waals surface area contributed by atoms with Crippen molar-refractivity contribution in [3.05, 3.63) is 53.7 Å². The number of benzene rings is 1. The second kappa shape index (κ2) is 14.9. The summed E-state index contributed by atoms with van der Waals surface area (Å²) in [5.41, 5.74) is 1.89. The van der Waals surface area contributed by atoms with Crippen molar-refractivity contribution in [2.45, 2.75) is 51.6 Å². The lowest BCUT2D eigenvalue weighted by Crippen LogP contribution is -2.43. The van der Waals surface area contributed by atoms with Crippen molar-refractivity contribution in [2.75, 3.05) is 56.0 Å². The quantitative estimate of drug-likeness (QED) is 0.377. The fraction of sp³-hybridized carbons (Fsp3) is 0.467. The van der Waals surface area contributed by atoms with E-state index < -0.39 is 0 Å². The Morgan fingerprint density at radius 1 is 1.14 bits per heavy atom. The molecule has 0 radical (unpaired) electrons. The minimum absolute atomic E-state index is 0.0437. The first-order valence-corrected chi connectivity index (χ1v) is 14.8. The zero-order valence-corrected chi connectivity index (χ0v) is 26.1. The molecule has 1 aromatic carbocycles. The summed E-state index contributed by atoms with van der Waals surface area (Å²) in [6.07, 6.45) is 8.12. The van der Waals surface area contributed by atoms with Gasteiger partial charge in [-0.3, -0.25) is 9.59 Å². The number of fused-ring (bicyclic) bond motifs is 1. The molecule has 5 rings (SSSR count). The van der Waals surface area contributed by atoms with E-state index in [2.05, 4.69) is 56.3 Å². The van der Waals surface area contributed by atoms with Crippen molar-refractivity contribution >= 4 is 46.6 Å². The molecule has 2 aliphatic rings. The smallest absolute Gasteiger partial charge is 0.251 e. The molecule has 2 aliphatic heterocycles. The molecule has 12 nitrogen and oxygen atoms in total. The normalized spacial score (nSPS) is 16.4. The number of amides is 2. The Labute approximate surface area is 257 Å². The van der Waals surface area contributed by atoms with Gasteiger partial charge in [0.1, 0.15) is 11.4 Å². The summed E-state index contributed by atoms with van der Waals surface area (Å²) < 4.78 is 5.58. The summed E-state index contributed by atoms with van der Waals surface area (Å²) >= 11 is 5.32. The minimum atomic E-state index is -0.104. The average molecular weight is 610 g/mol. The number of hydrogen-bond acceptors (Lipinski definition) is 10. The second-order valence-corrected chi connectivity index (χ2v) is 11.0. The summed E-state index contributed by atoms with van der Waals surface area (Å²) in [6.45, 7) is 6.82. The molecule has 3 aromatic rings. The third kappa shape index (κ3) is 8.29. The van der Waals surface area contributed by atoms with Crippen LogP contribution in [0.15, 0.2) is 42.9 Å². The van der Waals surface area contributed by atoms with Gasteiger partial charge in [0, 0.05) is 50.1 Å². The number of aromatic nitrogens is 4. The van der Waals surface area contributed by atoms with Gasteiger partial charge < -0.3 is 30.1 Å². The first kappa shape index (κ1) is 31.9. The summed E-state index contributed by atoms with van der Waals surface area (Å²) in [6, 6.07) is 7.43. The molecular formula is C30H40ClN9O3. The number of carbonyl (C=O) groups is 2. The number of nitrogens with zero attached hydrogens (tertiary/aromatic N) is 7. The summed E-state index contributed by atoms with van der Waals surface area (Å²) in [7, 11) is 5.43. The average Bonchev–Trinajstić information content (AvgIpc) is 3.14. The third-order valence-electron chi connectivity index (χ3n) is 7.75. The van der Waals surface area contributed by atoms with Crippen LogP contribution in [0.1, 0.15) is 49.9 Å². The van der Waals surface area contributed by atoms with Crippen LogP contribution in [-0.2, 0) is 4.79 Å². The van der Waals surface area contributed by atoms with Gasteiger partial charge in [-0.1, -0.05) is 6.92 Å². The van der Waals surface area contributed by atoms with Crippen molar-refractivity contribution in [3.8, 4) is 5.75 Å². The maximum Gasteiger partial charge on any atom is 0.251 e. The molecule has 0 bridgehead atoms. The van der Waals surface area contributed by atoms with Gasteiger partial charge in [0.2, 0.25) is 17.1 Å². The van der Waals surface area contributed by atoms with E-state index >= 15 is 0 Å². The van der Waals surface area contributed by atoms with E-state index in [1.54, 1.807) is 61.9 Å². The number of halogens is 1. The van der Waals surface area contributed by atoms with Gasteiger partial charge in [-0.25, -0.2) is 15.0 Å². The minimum Gasteiger partial charge on any atom is -0.495 e. The fourth-order valence-corrected chi connectivity index (χ4v) is 5.02. The number of nitrogens with one attached hydrogen (secondary N) is 2. The molecule has 13 heteroatoms. The molecule has 2 amide bonds. The molecule has 2 aromatic heterocycles. The molecule has 43 heavy (non-hydrogen) atoms. The first-order chi connectivity index (χ1) is 20.7. The number of likely N-dealkylation sites (tertiary alicyclic amines) is 1. The van der Waals surface area contributed by atoms with Crippen molar-refractivity contribution in [2.24, 2.45) is 0 Å². The number of anilines is 4. The van der Waals surface area contributed by atoms with Crippen LogP contribution in [0.4, 0.5) is 23.1 Å². The van der Waals surface area contributed by atoms with Gasteiger partial charge in [-0.2, -0.15) is 4.98 Å². The Balaban J connectivity index is 0.000000530. The SMILES string of the molecule is CCC(C)N1CCC(=O)N(C)c2cnc(Nc3ccc(C(=O)NC4CCN(C)CC4)cc3OC)nc21.Clc1ncccn1. The monoisotopic (exact) mass is 609 g/mol. The van der Waals surface area contributed by atoms with Crippen LogP contribution in [0.5, 0.6) is 5.75 Å². The second-order valence-electron chi connectivity index (χ2n) is 10.7. The van der Waals surface area contributed by atoms with E-state index in [-0.39, 0.29) is 23.9 Å². The number of carbonyl (C=O) groups excluding carboxylic acids is 2. The molecule has 1 fully saturated rings. The first-order valence-electron chi connectivity index (χ1n) is 14.5. The highest BCUT2D eigenvalue weighted by molar-refractivity contribution is 6.28. The largest absolute Gasteiger partial charge is 0.495 e. The molecular weight excluding hydrogens is 570 g/mol. The van der Waals surface area contributed by atoms with E-state index in [1.807, 2.05) is 0 Å². The van der Waals surface area contributed by atoms with E-state index in [0.717, 1.165) is 38.2 Å². The summed E-state index contributed by atoms with van der Waals surface area (Å²) in [4.78, 5) is 47.9. The predicted octanol–water partition coefficient (Wildman–Crippen LogP) is 4.15.